The fraction of sp³-hybridized carbons (Fsp3) is 0.435. The number of pyridine rings is 1. The summed E-state index contributed by atoms with van der Waals surface area (Å²) in [4.78, 5) is 31.3. The summed E-state index contributed by atoms with van der Waals surface area (Å²) in [6.07, 6.45) is 2.27. The molecular weight excluding hydrogens is 478 g/mol. The van der Waals surface area contributed by atoms with Crippen molar-refractivity contribution >= 4 is 39.1 Å². The van der Waals surface area contributed by atoms with Gasteiger partial charge in [-0.2, -0.15) is 0 Å². The highest BCUT2D eigenvalue weighted by Crippen LogP contribution is 2.25. The van der Waals surface area contributed by atoms with E-state index in [1.807, 2.05) is 12.1 Å². The topological polar surface area (TPSA) is 103 Å². The van der Waals surface area contributed by atoms with Gasteiger partial charge in [-0.1, -0.05) is 12.1 Å². The standard InChI is InChI=1S/C23H30ClN5O4S/c1-16-8-9-20(14-21(16)34(32,33)26-12-10-19-7-5-6-11-25-19)28(4)23(31)17(2)29-22(30)13-18(24)15-27(29)3/h5-9,11,14,17-18,26H,10,12-13,15H2,1-4H3/t17-,18?/m1/s1. The first-order chi connectivity index (χ1) is 16.0. The number of nitrogens with zero attached hydrogens (tertiary/aromatic N) is 4. The quantitative estimate of drug-likeness (QED) is 0.548. The fourth-order valence-electron chi connectivity index (χ4n) is 3.96. The van der Waals surface area contributed by atoms with E-state index in [0.717, 1.165) is 5.69 Å². The maximum Gasteiger partial charge on any atom is 0.250 e. The van der Waals surface area contributed by atoms with E-state index < -0.39 is 16.1 Å². The van der Waals surface area contributed by atoms with E-state index >= 15 is 0 Å². The zero-order valence-corrected chi connectivity index (χ0v) is 21.3. The number of alkyl halides is 1. The number of likely N-dealkylation sites (N-methyl/N-ethyl adjacent to an activating group) is 1. The molecule has 9 nitrogen and oxygen atoms in total. The van der Waals surface area contributed by atoms with E-state index in [-0.39, 0.29) is 35.1 Å². The zero-order chi connectivity index (χ0) is 25.0. The highest BCUT2D eigenvalue weighted by atomic mass is 35.5. The maximum absolute atomic E-state index is 13.2. The van der Waals surface area contributed by atoms with Crippen LogP contribution in [0, 0.1) is 6.92 Å². The Morgan fingerprint density at radius 1 is 1.32 bits per heavy atom. The summed E-state index contributed by atoms with van der Waals surface area (Å²) >= 11 is 6.11. The van der Waals surface area contributed by atoms with Crippen molar-refractivity contribution in [1.82, 2.24) is 19.7 Å². The summed E-state index contributed by atoms with van der Waals surface area (Å²) in [5.41, 5.74) is 1.75. The summed E-state index contributed by atoms with van der Waals surface area (Å²) in [5, 5.41) is 2.75. The first kappa shape index (κ1) is 26.1. The molecule has 11 heteroatoms. The average molecular weight is 508 g/mol. The molecule has 3 rings (SSSR count). The lowest BCUT2D eigenvalue weighted by Gasteiger charge is -2.41. The molecule has 1 aliphatic heterocycles. The SMILES string of the molecule is Cc1ccc(N(C)C(=O)[C@@H](C)N2C(=O)CC(Cl)CN2C)cc1S(=O)(=O)NCCc1ccccn1. The number of anilines is 1. The molecule has 1 aromatic carbocycles. The summed E-state index contributed by atoms with van der Waals surface area (Å²) in [7, 11) is -0.536. The number of amides is 2. The second kappa shape index (κ2) is 10.8. The number of aryl methyl sites for hydroxylation is 1. The number of hydrogen-bond acceptors (Lipinski definition) is 6. The molecule has 1 fully saturated rings. The number of benzene rings is 1. The van der Waals surface area contributed by atoms with Crippen molar-refractivity contribution in [2.75, 3.05) is 32.1 Å². The Hall–Kier alpha value is -2.53. The average Bonchev–Trinajstić information content (AvgIpc) is 2.78. The molecule has 0 spiro atoms. The van der Waals surface area contributed by atoms with E-state index in [2.05, 4.69) is 9.71 Å². The van der Waals surface area contributed by atoms with Crippen LogP contribution in [-0.2, 0) is 26.0 Å². The van der Waals surface area contributed by atoms with Crippen LogP contribution in [-0.4, -0.2) is 73.8 Å². The molecule has 1 N–H and O–H groups in total. The predicted molar refractivity (Wildman–Crippen MR) is 131 cm³/mol. The first-order valence-electron chi connectivity index (χ1n) is 11.0. The second-order valence-electron chi connectivity index (χ2n) is 8.37. The van der Waals surface area contributed by atoms with Crippen LogP contribution in [0.15, 0.2) is 47.5 Å². The first-order valence-corrected chi connectivity index (χ1v) is 12.9. The van der Waals surface area contributed by atoms with E-state index in [9.17, 15) is 18.0 Å². The fourth-order valence-corrected chi connectivity index (χ4v) is 5.59. The third-order valence-corrected chi connectivity index (χ3v) is 7.68. The largest absolute Gasteiger partial charge is 0.314 e. The number of hydrazine groups is 1. The molecule has 0 aliphatic carbocycles. The lowest BCUT2D eigenvalue weighted by atomic mass is 10.1. The summed E-state index contributed by atoms with van der Waals surface area (Å²) in [5.74, 6) is -0.573. The Labute approximate surface area is 205 Å². The molecule has 2 amide bonds. The molecule has 34 heavy (non-hydrogen) atoms. The van der Waals surface area contributed by atoms with Gasteiger partial charge in [-0.25, -0.2) is 18.1 Å². The van der Waals surface area contributed by atoms with Crippen molar-refractivity contribution in [3.05, 3.63) is 53.9 Å². The summed E-state index contributed by atoms with van der Waals surface area (Å²) in [6.45, 7) is 3.99. The van der Waals surface area contributed by atoms with Gasteiger partial charge in [0.25, 0.3) is 5.91 Å². The molecule has 0 saturated carbocycles. The van der Waals surface area contributed by atoms with Crippen LogP contribution >= 0.6 is 11.6 Å². The number of sulfonamides is 1. The molecule has 2 heterocycles. The Balaban J connectivity index is 1.75. The van der Waals surface area contributed by atoms with Crippen LogP contribution < -0.4 is 9.62 Å². The van der Waals surface area contributed by atoms with Crippen molar-refractivity contribution in [2.45, 2.75) is 43.0 Å². The van der Waals surface area contributed by atoms with Gasteiger partial charge in [0.05, 0.1) is 10.3 Å². The minimum Gasteiger partial charge on any atom is -0.314 e. The second-order valence-corrected chi connectivity index (χ2v) is 10.7. The smallest absolute Gasteiger partial charge is 0.250 e. The van der Waals surface area contributed by atoms with Gasteiger partial charge < -0.3 is 4.90 Å². The number of aromatic nitrogens is 1. The van der Waals surface area contributed by atoms with Crippen LogP contribution in [0.4, 0.5) is 5.69 Å². The minimum atomic E-state index is -3.81. The predicted octanol–water partition coefficient (Wildman–Crippen LogP) is 1.95. The zero-order valence-electron chi connectivity index (χ0n) is 19.7. The number of halogens is 1. The number of nitrogens with one attached hydrogen (secondary N) is 1. The number of carbonyl (C=O) groups is 2. The van der Waals surface area contributed by atoms with Crippen molar-refractivity contribution < 1.29 is 18.0 Å². The van der Waals surface area contributed by atoms with Crippen molar-refractivity contribution in [2.24, 2.45) is 0 Å². The monoisotopic (exact) mass is 507 g/mol. The minimum absolute atomic E-state index is 0.0921. The molecule has 0 radical (unpaired) electrons. The molecule has 2 atom stereocenters. The highest BCUT2D eigenvalue weighted by molar-refractivity contribution is 7.89. The van der Waals surface area contributed by atoms with Gasteiger partial charge >= 0.3 is 0 Å². The molecular formula is C23H30ClN5O4S. The normalized spacial score (nSPS) is 18.1. The summed E-state index contributed by atoms with van der Waals surface area (Å²) < 4.78 is 28.6. The van der Waals surface area contributed by atoms with Gasteiger partial charge in [0, 0.05) is 57.6 Å². The third kappa shape index (κ3) is 5.93. The van der Waals surface area contributed by atoms with Crippen LogP contribution in [0.25, 0.3) is 0 Å². The lowest BCUT2D eigenvalue weighted by Crippen LogP contribution is -2.59. The number of rotatable bonds is 8. The van der Waals surface area contributed by atoms with Gasteiger partial charge in [-0.05, 0) is 43.7 Å². The van der Waals surface area contributed by atoms with Gasteiger partial charge in [0.1, 0.15) is 6.04 Å². The lowest BCUT2D eigenvalue weighted by molar-refractivity contribution is -0.161. The Kier molecular flexibility index (Phi) is 8.29. The van der Waals surface area contributed by atoms with Gasteiger partial charge in [0.15, 0.2) is 0 Å². The van der Waals surface area contributed by atoms with Crippen LogP contribution in [0.1, 0.15) is 24.6 Å². The number of carbonyl (C=O) groups excluding carboxylic acids is 2. The molecule has 1 saturated heterocycles. The molecule has 1 unspecified atom stereocenters. The molecule has 1 aromatic heterocycles. The van der Waals surface area contributed by atoms with Crippen molar-refractivity contribution in [3.8, 4) is 0 Å². The highest BCUT2D eigenvalue weighted by Gasteiger charge is 2.36. The molecule has 184 valence electrons. The van der Waals surface area contributed by atoms with Crippen LogP contribution in [0.3, 0.4) is 0 Å². The van der Waals surface area contributed by atoms with E-state index in [1.165, 1.54) is 16.0 Å². The Bertz CT molecular complexity index is 1150. The molecule has 0 bridgehead atoms. The Morgan fingerprint density at radius 3 is 2.71 bits per heavy atom. The summed E-state index contributed by atoms with van der Waals surface area (Å²) in [6, 6.07) is 9.52. The van der Waals surface area contributed by atoms with Crippen molar-refractivity contribution in [1.29, 1.82) is 0 Å². The van der Waals surface area contributed by atoms with Crippen LogP contribution in [0.2, 0.25) is 0 Å². The number of hydrogen-bond donors (Lipinski definition) is 1. The maximum atomic E-state index is 13.2. The molecule has 1 aliphatic rings. The van der Waals surface area contributed by atoms with Crippen molar-refractivity contribution in [3.63, 3.8) is 0 Å². The van der Waals surface area contributed by atoms with E-state index in [1.54, 1.807) is 57.3 Å². The van der Waals surface area contributed by atoms with Gasteiger partial charge in [-0.15, -0.1) is 11.6 Å². The third-order valence-electron chi connectivity index (χ3n) is 5.78. The van der Waals surface area contributed by atoms with Gasteiger partial charge in [-0.3, -0.25) is 19.6 Å². The van der Waals surface area contributed by atoms with Gasteiger partial charge in [0.2, 0.25) is 15.9 Å². The van der Waals surface area contributed by atoms with E-state index in [4.69, 9.17) is 11.6 Å². The van der Waals surface area contributed by atoms with Crippen LogP contribution in [0.5, 0.6) is 0 Å². The molecule has 2 aromatic rings. The van der Waals surface area contributed by atoms with E-state index in [0.29, 0.717) is 24.2 Å². The Morgan fingerprint density at radius 2 is 2.06 bits per heavy atom.